The molecular formula is C24H23F5O. The van der Waals surface area contributed by atoms with Gasteiger partial charge in [-0.3, -0.25) is 0 Å². The Hall–Kier alpha value is -2.37. The van der Waals surface area contributed by atoms with Gasteiger partial charge in [0.1, 0.15) is 17.4 Å². The lowest BCUT2D eigenvalue weighted by molar-refractivity contribution is -0.274. The van der Waals surface area contributed by atoms with Crippen LogP contribution in [0.3, 0.4) is 0 Å². The van der Waals surface area contributed by atoms with E-state index in [2.05, 4.69) is 16.9 Å². The predicted molar refractivity (Wildman–Crippen MR) is 105 cm³/mol. The standard InChI is InChI=1S/C24H23F5O/c1-2-3-14-4-10-18-16(12-14)7-11-19-20(18)13-21(25)22(23(19)26)15-5-8-17(9-6-15)30-24(27,28)29/h2-3,5-6,8-9,13-14,16,18H,4,7,10-12H2,1H3/b3-2+/t14-,16-,18+/m1/s1. The zero-order valence-corrected chi connectivity index (χ0v) is 16.6. The third kappa shape index (κ3) is 4.09. The van der Waals surface area contributed by atoms with Gasteiger partial charge < -0.3 is 4.74 Å². The average Bonchev–Trinajstić information content (AvgIpc) is 2.68. The molecule has 0 unspecified atom stereocenters. The molecular weight excluding hydrogens is 399 g/mol. The minimum Gasteiger partial charge on any atom is -0.406 e. The zero-order chi connectivity index (χ0) is 21.5. The highest BCUT2D eigenvalue weighted by atomic mass is 19.4. The Morgan fingerprint density at radius 2 is 1.77 bits per heavy atom. The summed E-state index contributed by atoms with van der Waals surface area (Å²) < 4.78 is 71.2. The molecule has 2 aliphatic rings. The van der Waals surface area contributed by atoms with Crippen LogP contribution in [0.5, 0.6) is 5.75 Å². The third-order valence-corrected chi connectivity index (χ3v) is 6.38. The zero-order valence-electron chi connectivity index (χ0n) is 16.6. The molecule has 0 N–H and O–H groups in total. The molecule has 0 radical (unpaired) electrons. The molecule has 4 rings (SSSR count). The minimum atomic E-state index is -4.81. The molecule has 0 amide bonds. The summed E-state index contributed by atoms with van der Waals surface area (Å²) in [6.45, 7) is 2.01. The number of allylic oxidation sites excluding steroid dienone is 2. The highest BCUT2D eigenvalue weighted by molar-refractivity contribution is 5.68. The molecule has 2 aromatic carbocycles. The van der Waals surface area contributed by atoms with Gasteiger partial charge in [-0.2, -0.15) is 0 Å². The van der Waals surface area contributed by atoms with Crippen molar-refractivity contribution in [3.8, 4) is 16.9 Å². The summed E-state index contributed by atoms with van der Waals surface area (Å²) >= 11 is 0. The Morgan fingerprint density at radius 1 is 1.03 bits per heavy atom. The molecule has 0 heterocycles. The second kappa shape index (κ2) is 8.05. The van der Waals surface area contributed by atoms with Gasteiger partial charge >= 0.3 is 6.36 Å². The van der Waals surface area contributed by atoms with E-state index in [1.807, 2.05) is 6.92 Å². The van der Waals surface area contributed by atoms with E-state index in [-0.39, 0.29) is 17.0 Å². The molecule has 1 nitrogen and oxygen atoms in total. The number of hydrogen-bond donors (Lipinski definition) is 0. The molecule has 1 saturated carbocycles. The first kappa shape index (κ1) is 20.9. The molecule has 160 valence electrons. The van der Waals surface area contributed by atoms with Crippen molar-refractivity contribution in [1.29, 1.82) is 0 Å². The van der Waals surface area contributed by atoms with E-state index < -0.39 is 23.7 Å². The first-order valence-corrected chi connectivity index (χ1v) is 10.3. The molecule has 3 atom stereocenters. The summed E-state index contributed by atoms with van der Waals surface area (Å²) in [5, 5.41) is 0. The van der Waals surface area contributed by atoms with Crippen LogP contribution in [0.25, 0.3) is 11.1 Å². The van der Waals surface area contributed by atoms with Crippen LogP contribution in [0.1, 0.15) is 49.7 Å². The smallest absolute Gasteiger partial charge is 0.406 e. The predicted octanol–water partition coefficient (Wildman–Crippen LogP) is 7.55. The summed E-state index contributed by atoms with van der Waals surface area (Å²) in [5.74, 6) is -0.572. The van der Waals surface area contributed by atoms with Crippen LogP contribution in [0.4, 0.5) is 22.0 Å². The molecule has 2 aromatic rings. The van der Waals surface area contributed by atoms with Crippen molar-refractivity contribution in [2.45, 2.75) is 51.3 Å². The lowest BCUT2D eigenvalue weighted by Crippen LogP contribution is -2.28. The molecule has 0 saturated heterocycles. The van der Waals surface area contributed by atoms with Gasteiger partial charge in [-0.15, -0.1) is 13.2 Å². The number of alkyl halides is 3. The van der Waals surface area contributed by atoms with Crippen LogP contribution in [0.2, 0.25) is 0 Å². The molecule has 6 heteroatoms. The Labute approximate surface area is 172 Å². The van der Waals surface area contributed by atoms with Crippen molar-refractivity contribution >= 4 is 0 Å². The van der Waals surface area contributed by atoms with Gasteiger partial charge in [-0.25, -0.2) is 8.78 Å². The average molecular weight is 422 g/mol. The SMILES string of the molecule is C/C=C/[C@@H]1CC[C@@H]2c3cc(F)c(-c4ccc(OC(F)(F)F)cc4)c(F)c3CC[C@@H]2C1. The normalized spacial score (nSPS) is 23.9. The minimum absolute atomic E-state index is 0.163. The van der Waals surface area contributed by atoms with Crippen molar-refractivity contribution in [3.63, 3.8) is 0 Å². The number of hydrogen-bond acceptors (Lipinski definition) is 1. The topological polar surface area (TPSA) is 9.23 Å². The summed E-state index contributed by atoms with van der Waals surface area (Å²) in [6.07, 6.45) is 3.86. The van der Waals surface area contributed by atoms with E-state index in [0.29, 0.717) is 23.8 Å². The van der Waals surface area contributed by atoms with Gasteiger partial charge in [-0.1, -0.05) is 24.3 Å². The van der Waals surface area contributed by atoms with E-state index in [1.54, 1.807) is 0 Å². The van der Waals surface area contributed by atoms with Gasteiger partial charge in [0, 0.05) is 0 Å². The molecule has 2 aliphatic carbocycles. The van der Waals surface area contributed by atoms with Gasteiger partial charge in [0.05, 0.1) is 5.56 Å². The van der Waals surface area contributed by atoms with Crippen molar-refractivity contribution in [2.75, 3.05) is 0 Å². The molecule has 0 bridgehead atoms. The van der Waals surface area contributed by atoms with E-state index in [9.17, 15) is 17.6 Å². The fraction of sp³-hybridized carbons (Fsp3) is 0.417. The van der Waals surface area contributed by atoms with E-state index in [0.717, 1.165) is 43.4 Å². The molecule has 0 aromatic heterocycles. The molecule has 30 heavy (non-hydrogen) atoms. The van der Waals surface area contributed by atoms with Crippen molar-refractivity contribution in [3.05, 3.63) is 65.2 Å². The van der Waals surface area contributed by atoms with Crippen LogP contribution < -0.4 is 4.74 Å². The fourth-order valence-corrected chi connectivity index (χ4v) is 5.16. The number of fused-ring (bicyclic) bond motifs is 3. The lowest BCUT2D eigenvalue weighted by Gasteiger charge is -2.40. The summed E-state index contributed by atoms with van der Waals surface area (Å²) in [6, 6.07) is 6.09. The maximum Gasteiger partial charge on any atom is 0.573 e. The van der Waals surface area contributed by atoms with Crippen LogP contribution in [0.15, 0.2) is 42.5 Å². The number of halogens is 5. The van der Waals surface area contributed by atoms with Crippen LogP contribution >= 0.6 is 0 Å². The Kier molecular flexibility index (Phi) is 5.60. The summed E-state index contributed by atoms with van der Waals surface area (Å²) in [7, 11) is 0. The highest BCUT2D eigenvalue weighted by Gasteiger charge is 2.37. The highest BCUT2D eigenvalue weighted by Crippen LogP contribution is 2.49. The Balaban J connectivity index is 1.64. The first-order chi connectivity index (χ1) is 14.3. The van der Waals surface area contributed by atoms with Crippen molar-refractivity contribution < 1.29 is 26.7 Å². The Bertz CT molecular complexity index is 946. The quantitative estimate of drug-likeness (QED) is 0.366. The van der Waals surface area contributed by atoms with Crippen molar-refractivity contribution in [2.24, 2.45) is 11.8 Å². The number of rotatable bonds is 3. The number of ether oxygens (including phenoxy) is 1. The maximum atomic E-state index is 15.4. The van der Waals surface area contributed by atoms with Crippen LogP contribution in [-0.4, -0.2) is 6.36 Å². The Morgan fingerprint density at radius 3 is 2.43 bits per heavy atom. The van der Waals surface area contributed by atoms with Crippen LogP contribution in [0, 0.1) is 23.5 Å². The largest absolute Gasteiger partial charge is 0.573 e. The van der Waals surface area contributed by atoms with E-state index in [1.165, 1.54) is 18.2 Å². The maximum absolute atomic E-state index is 15.4. The molecule has 1 fully saturated rings. The van der Waals surface area contributed by atoms with Gasteiger partial charge in [0.15, 0.2) is 0 Å². The third-order valence-electron chi connectivity index (χ3n) is 6.38. The first-order valence-electron chi connectivity index (χ1n) is 10.3. The summed E-state index contributed by atoms with van der Waals surface area (Å²) in [5.41, 5.74) is 1.32. The second-order valence-corrected chi connectivity index (χ2v) is 8.19. The van der Waals surface area contributed by atoms with Gasteiger partial charge in [0.25, 0.3) is 0 Å². The monoisotopic (exact) mass is 422 g/mol. The lowest BCUT2D eigenvalue weighted by atomic mass is 9.65. The molecule has 0 aliphatic heterocycles. The van der Waals surface area contributed by atoms with Gasteiger partial charge in [0.2, 0.25) is 0 Å². The van der Waals surface area contributed by atoms with Crippen LogP contribution in [-0.2, 0) is 6.42 Å². The second-order valence-electron chi connectivity index (χ2n) is 8.19. The van der Waals surface area contributed by atoms with E-state index in [4.69, 9.17) is 0 Å². The van der Waals surface area contributed by atoms with E-state index >= 15 is 4.39 Å². The fourth-order valence-electron chi connectivity index (χ4n) is 5.16. The van der Waals surface area contributed by atoms with Gasteiger partial charge in [-0.05, 0) is 91.7 Å². The summed E-state index contributed by atoms with van der Waals surface area (Å²) in [4.78, 5) is 0. The molecule has 0 spiro atoms. The number of benzene rings is 2. The van der Waals surface area contributed by atoms with Crippen molar-refractivity contribution in [1.82, 2.24) is 0 Å².